The van der Waals surface area contributed by atoms with E-state index in [-0.39, 0.29) is 6.04 Å². The average molecular weight is 241 g/mol. The van der Waals surface area contributed by atoms with Gasteiger partial charge in [0.1, 0.15) is 0 Å². The molecular formula is C14H21F2N. The molecule has 0 saturated carbocycles. The number of hydrogen-bond acceptors (Lipinski definition) is 1. The molecule has 1 aromatic carbocycles. The van der Waals surface area contributed by atoms with Crippen molar-refractivity contribution in [3.8, 4) is 0 Å². The van der Waals surface area contributed by atoms with Gasteiger partial charge in [0.15, 0.2) is 11.6 Å². The van der Waals surface area contributed by atoms with Crippen molar-refractivity contribution in [2.45, 2.75) is 46.1 Å². The first kappa shape index (κ1) is 14.1. The van der Waals surface area contributed by atoms with E-state index >= 15 is 0 Å². The normalized spacial score (nSPS) is 12.8. The summed E-state index contributed by atoms with van der Waals surface area (Å²) >= 11 is 0. The van der Waals surface area contributed by atoms with Crippen LogP contribution in [-0.4, -0.2) is 6.54 Å². The number of rotatable bonds is 6. The van der Waals surface area contributed by atoms with E-state index in [2.05, 4.69) is 12.2 Å². The molecule has 1 atom stereocenters. The van der Waals surface area contributed by atoms with Crippen molar-refractivity contribution in [2.75, 3.05) is 6.54 Å². The summed E-state index contributed by atoms with van der Waals surface area (Å²) in [5, 5.41) is 3.27. The van der Waals surface area contributed by atoms with Crippen molar-refractivity contribution < 1.29 is 8.78 Å². The molecule has 0 heterocycles. The highest BCUT2D eigenvalue weighted by atomic mass is 19.2. The van der Waals surface area contributed by atoms with Gasteiger partial charge >= 0.3 is 0 Å². The van der Waals surface area contributed by atoms with Crippen LogP contribution in [0.3, 0.4) is 0 Å². The summed E-state index contributed by atoms with van der Waals surface area (Å²) in [6.07, 6.45) is 2.74. The number of nitrogens with one attached hydrogen (secondary N) is 1. The van der Waals surface area contributed by atoms with Gasteiger partial charge < -0.3 is 5.32 Å². The van der Waals surface area contributed by atoms with Crippen LogP contribution in [0.15, 0.2) is 12.1 Å². The SMILES string of the molecule is CCCNC(CCC)c1ccc(C)c(F)c1F. The predicted octanol–water partition coefficient (Wildman–Crippen LogP) is 4.11. The minimum Gasteiger partial charge on any atom is -0.310 e. The first-order valence-electron chi connectivity index (χ1n) is 6.29. The van der Waals surface area contributed by atoms with Gasteiger partial charge in [-0.25, -0.2) is 8.78 Å². The lowest BCUT2D eigenvalue weighted by Gasteiger charge is -2.19. The van der Waals surface area contributed by atoms with Crippen molar-refractivity contribution in [1.29, 1.82) is 0 Å². The van der Waals surface area contributed by atoms with Crippen LogP contribution in [0.4, 0.5) is 8.78 Å². The van der Waals surface area contributed by atoms with E-state index in [9.17, 15) is 8.78 Å². The maximum Gasteiger partial charge on any atom is 0.163 e. The Kier molecular flexibility index (Phi) is 5.56. The molecule has 3 heteroatoms. The Bertz CT molecular complexity index is 363. The summed E-state index contributed by atoms with van der Waals surface area (Å²) in [7, 11) is 0. The van der Waals surface area contributed by atoms with E-state index in [1.54, 1.807) is 19.1 Å². The molecule has 0 bridgehead atoms. The molecule has 1 rings (SSSR count). The van der Waals surface area contributed by atoms with Crippen LogP contribution in [0, 0.1) is 18.6 Å². The molecule has 0 amide bonds. The Balaban J connectivity index is 2.97. The van der Waals surface area contributed by atoms with Crippen molar-refractivity contribution in [3.05, 3.63) is 34.9 Å². The number of hydrogen-bond donors (Lipinski definition) is 1. The van der Waals surface area contributed by atoms with Crippen molar-refractivity contribution >= 4 is 0 Å². The quantitative estimate of drug-likeness (QED) is 0.790. The molecular weight excluding hydrogens is 220 g/mol. The Labute approximate surface area is 102 Å². The lowest BCUT2D eigenvalue weighted by atomic mass is 10.00. The molecule has 0 spiro atoms. The van der Waals surface area contributed by atoms with Gasteiger partial charge in [0.05, 0.1) is 0 Å². The van der Waals surface area contributed by atoms with E-state index in [1.165, 1.54) is 0 Å². The number of aryl methyl sites for hydroxylation is 1. The van der Waals surface area contributed by atoms with E-state index in [0.29, 0.717) is 11.1 Å². The molecule has 0 aliphatic rings. The van der Waals surface area contributed by atoms with Crippen LogP contribution in [0.1, 0.15) is 50.3 Å². The Morgan fingerprint density at radius 2 is 1.82 bits per heavy atom. The molecule has 96 valence electrons. The lowest BCUT2D eigenvalue weighted by Crippen LogP contribution is -2.23. The first-order valence-corrected chi connectivity index (χ1v) is 6.29. The molecule has 1 aromatic rings. The van der Waals surface area contributed by atoms with E-state index in [0.717, 1.165) is 25.8 Å². The summed E-state index contributed by atoms with van der Waals surface area (Å²) in [6.45, 7) is 6.50. The summed E-state index contributed by atoms with van der Waals surface area (Å²) in [5.74, 6) is -1.42. The minimum absolute atomic E-state index is 0.0879. The van der Waals surface area contributed by atoms with Gasteiger partial charge in [-0.05, 0) is 31.9 Å². The fourth-order valence-electron chi connectivity index (χ4n) is 1.90. The van der Waals surface area contributed by atoms with Crippen LogP contribution in [0.5, 0.6) is 0 Å². The van der Waals surface area contributed by atoms with E-state index in [4.69, 9.17) is 0 Å². The molecule has 1 unspecified atom stereocenters. The third kappa shape index (κ3) is 3.50. The maximum atomic E-state index is 13.8. The molecule has 0 fully saturated rings. The van der Waals surface area contributed by atoms with Gasteiger partial charge in [-0.15, -0.1) is 0 Å². The second-order valence-electron chi connectivity index (χ2n) is 4.40. The standard InChI is InChI=1S/C14H21F2N/c1-4-6-12(17-9-5-2)11-8-7-10(3)13(15)14(11)16/h7-8,12,17H,4-6,9H2,1-3H3. The zero-order valence-corrected chi connectivity index (χ0v) is 10.8. The monoisotopic (exact) mass is 241 g/mol. The van der Waals surface area contributed by atoms with Gasteiger partial charge in [0.25, 0.3) is 0 Å². The second-order valence-corrected chi connectivity index (χ2v) is 4.40. The van der Waals surface area contributed by atoms with Gasteiger partial charge in [0, 0.05) is 11.6 Å². The van der Waals surface area contributed by atoms with E-state index in [1.807, 2.05) is 6.92 Å². The van der Waals surface area contributed by atoms with Crippen LogP contribution in [0.2, 0.25) is 0 Å². The van der Waals surface area contributed by atoms with Crippen molar-refractivity contribution in [2.24, 2.45) is 0 Å². The fourth-order valence-corrected chi connectivity index (χ4v) is 1.90. The number of benzene rings is 1. The maximum absolute atomic E-state index is 13.8. The van der Waals surface area contributed by atoms with Crippen LogP contribution in [0.25, 0.3) is 0 Å². The first-order chi connectivity index (χ1) is 8.11. The van der Waals surface area contributed by atoms with Crippen LogP contribution < -0.4 is 5.32 Å². The Morgan fingerprint density at radius 1 is 1.12 bits per heavy atom. The highest BCUT2D eigenvalue weighted by Gasteiger charge is 2.18. The minimum atomic E-state index is -0.720. The molecule has 17 heavy (non-hydrogen) atoms. The zero-order valence-electron chi connectivity index (χ0n) is 10.8. The molecule has 0 radical (unpaired) electrons. The van der Waals surface area contributed by atoms with Gasteiger partial charge in [-0.2, -0.15) is 0 Å². The highest BCUT2D eigenvalue weighted by molar-refractivity contribution is 5.27. The summed E-state index contributed by atoms with van der Waals surface area (Å²) in [5.41, 5.74) is 0.806. The van der Waals surface area contributed by atoms with Crippen LogP contribution in [-0.2, 0) is 0 Å². The zero-order chi connectivity index (χ0) is 12.8. The molecule has 0 aliphatic heterocycles. The third-order valence-electron chi connectivity index (χ3n) is 2.90. The predicted molar refractivity (Wildman–Crippen MR) is 67.0 cm³/mol. The summed E-state index contributed by atoms with van der Waals surface area (Å²) in [6, 6.07) is 3.25. The molecule has 1 N–H and O–H groups in total. The van der Waals surface area contributed by atoms with Gasteiger partial charge in [0.2, 0.25) is 0 Å². The highest BCUT2D eigenvalue weighted by Crippen LogP contribution is 2.24. The van der Waals surface area contributed by atoms with Crippen LogP contribution >= 0.6 is 0 Å². The smallest absolute Gasteiger partial charge is 0.163 e. The average Bonchev–Trinajstić information content (AvgIpc) is 2.32. The fraction of sp³-hybridized carbons (Fsp3) is 0.571. The second kappa shape index (κ2) is 6.70. The Hall–Kier alpha value is -0.960. The molecule has 0 saturated heterocycles. The van der Waals surface area contributed by atoms with Crippen molar-refractivity contribution in [1.82, 2.24) is 5.32 Å². The Morgan fingerprint density at radius 3 is 2.41 bits per heavy atom. The number of halogens is 2. The van der Waals surface area contributed by atoms with Gasteiger partial charge in [-0.3, -0.25) is 0 Å². The lowest BCUT2D eigenvalue weighted by molar-refractivity contribution is 0.441. The molecule has 1 nitrogen and oxygen atoms in total. The van der Waals surface area contributed by atoms with E-state index < -0.39 is 11.6 Å². The molecule has 0 aromatic heterocycles. The summed E-state index contributed by atoms with van der Waals surface area (Å²) in [4.78, 5) is 0. The third-order valence-corrected chi connectivity index (χ3v) is 2.90. The van der Waals surface area contributed by atoms with Crippen molar-refractivity contribution in [3.63, 3.8) is 0 Å². The summed E-state index contributed by atoms with van der Waals surface area (Å²) < 4.78 is 27.4. The largest absolute Gasteiger partial charge is 0.310 e. The topological polar surface area (TPSA) is 12.0 Å². The van der Waals surface area contributed by atoms with Gasteiger partial charge in [-0.1, -0.05) is 32.4 Å². The molecule has 0 aliphatic carbocycles.